The number of para-hydroxylation sites is 1. The Morgan fingerprint density at radius 3 is 2.70 bits per heavy atom. The first-order valence-electron chi connectivity index (χ1n) is 6.02. The molecular weight excluding hydrogens is 280 g/mol. The molecule has 0 spiro atoms. The average molecular weight is 295 g/mol. The topological polar surface area (TPSA) is 69.2 Å². The van der Waals surface area contributed by atoms with E-state index in [9.17, 15) is 0 Å². The molecule has 1 aromatic carbocycles. The fraction of sp³-hybridized carbons (Fsp3) is 0.308. The van der Waals surface area contributed by atoms with E-state index in [2.05, 4.69) is 20.3 Å². The lowest BCUT2D eigenvalue weighted by Crippen LogP contribution is -2.04. The number of benzene rings is 1. The molecule has 2 aromatic rings. The van der Waals surface area contributed by atoms with Crippen molar-refractivity contribution in [2.24, 2.45) is 0 Å². The summed E-state index contributed by atoms with van der Waals surface area (Å²) in [5, 5.41) is 3.19. The molecule has 1 heterocycles. The fourth-order valence-electron chi connectivity index (χ4n) is 1.67. The lowest BCUT2D eigenvalue weighted by atomic mass is 10.1. The zero-order valence-electron chi connectivity index (χ0n) is 11.3. The summed E-state index contributed by atoms with van der Waals surface area (Å²) in [5.74, 6) is 0.340. The number of halogens is 1. The van der Waals surface area contributed by atoms with Crippen molar-refractivity contribution in [3.8, 4) is 6.01 Å². The molecule has 6 nitrogen and oxygen atoms in total. The Labute approximate surface area is 122 Å². The lowest BCUT2D eigenvalue weighted by molar-refractivity contribution is 0.202. The zero-order chi connectivity index (χ0) is 14.4. The Hall–Kier alpha value is -1.92. The van der Waals surface area contributed by atoms with Gasteiger partial charge in [0.15, 0.2) is 0 Å². The van der Waals surface area contributed by atoms with E-state index in [1.165, 1.54) is 7.11 Å². The third-order valence-electron chi connectivity index (χ3n) is 2.61. The van der Waals surface area contributed by atoms with E-state index in [1.807, 2.05) is 24.3 Å². The van der Waals surface area contributed by atoms with E-state index in [4.69, 9.17) is 21.1 Å². The molecule has 2 rings (SSSR count). The molecule has 106 valence electrons. The first-order chi connectivity index (χ1) is 9.72. The maximum absolute atomic E-state index is 5.82. The van der Waals surface area contributed by atoms with Gasteiger partial charge >= 0.3 is 6.01 Å². The van der Waals surface area contributed by atoms with Crippen LogP contribution < -0.4 is 10.1 Å². The normalized spacial score (nSPS) is 10.3. The summed E-state index contributed by atoms with van der Waals surface area (Å²) in [7, 11) is 3.15. The molecule has 0 radical (unpaired) electrons. The number of aromatic nitrogens is 3. The predicted octanol–water partition coefficient (Wildman–Crippen LogP) is 2.47. The first kappa shape index (κ1) is 14.5. The molecule has 0 saturated heterocycles. The van der Waals surface area contributed by atoms with Crippen LogP contribution in [-0.4, -0.2) is 35.8 Å². The van der Waals surface area contributed by atoms with Crippen molar-refractivity contribution in [1.82, 2.24) is 15.0 Å². The van der Waals surface area contributed by atoms with Gasteiger partial charge in [-0.3, -0.25) is 0 Å². The van der Waals surface area contributed by atoms with Crippen LogP contribution in [-0.2, 0) is 11.2 Å². The van der Waals surface area contributed by atoms with Gasteiger partial charge in [-0.1, -0.05) is 18.2 Å². The quantitative estimate of drug-likeness (QED) is 0.882. The summed E-state index contributed by atoms with van der Waals surface area (Å²) in [6.45, 7) is 0.639. The molecule has 20 heavy (non-hydrogen) atoms. The van der Waals surface area contributed by atoms with Crippen molar-refractivity contribution >= 4 is 23.2 Å². The molecule has 0 aliphatic carbocycles. The van der Waals surface area contributed by atoms with Crippen LogP contribution in [0.2, 0.25) is 5.28 Å². The highest BCUT2D eigenvalue weighted by Crippen LogP contribution is 2.20. The zero-order valence-corrected chi connectivity index (χ0v) is 12.0. The summed E-state index contributed by atoms with van der Waals surface area (Å²) in [6, 6.07) is 8.02. The smallest absolute Gasteiger partial charge is 0.322 e. The van der Waals surface area contributed by atoms with Crippen molar-refractivity contribution in [2.75, 3.05) is 26.1 Å². The summed E-state index contributed by atoms with van der Waals surface area (Å²) in [6.07, 6.45) is 0.787. The van der Waals surface area contributed by atoms with Gasteiger partial charge < -0.3 is 14.8 Å². The first-order valence-corrected chi connectivity index (χ1v) is 6.40. The van der Waals surface area contributed by atoms with Gasteiger partial charge in [-0.25, -0.2) is 0 Å². The second-order valence-electron chi connectivity index (χ2n) is 3.94. The van der Waals surface area contributed by atoms with Crippen molar-refractivity contribution in [3.63, 3.8) is 0 Å². The Morgan fingerprint density at radius 1 is 1.15 bits per heavy atom. The van der Waals surface area contributed by atoms with Crippen LogP contribution in [0.3, 0.4) is 0 Å². The SMILES string of the molecule is COCCc1ccccc1Nc1nc(Cl)nc(OC)n1. The Bertz CT molecular complexity index is 580. The highest BCUT2D eigenvalue weighted by molar-refractivity contribution is 6.28. The highest BCUT2D eigenvalue weighted by atomic mass is 35.5. The minimum Gasteiger partial charge on any atom is -0.467 e. The van der Waals surface area contributed by atoms with E-state index in [0.717, 1.165) is 17.7 Å². The van der Waals surface area contributed by atoms with Crippen molar-refractivity contribution in [3.05, 3.63) is 35.1 Å². The van der Waals surface area contributed by atoms with E-state index in [0.29, 0.717) is 12.6 Å². The molecule has 0 amide bonds. The molecule has 0 aliphatic rings. The second-order valence-corrected chi connectivity index (χ2v) is 4.28. The van der Waals surface area contributed by atoms with Crippen molar-refractivity contribution in [2.45, 2.75) is 6.42 Å². The van der Waals surface area contributed by atoms with Gasteiger partial charge in [-0.05, 0) is 29.7 Å². The van der Waals surface area contributed by atoms with Crippen LogP contribution in [0.15, 0.2) is 24.3 Å². The summed E-state index contributed by atoms with van der Waals surface area (Å²) in [4.78, 5) is 11.9. The van der Waals surface area contributed by atoms with Crippen molar-refractivity contribution in [1.29, 1.82) is 0 Å². The number of anilines is 2. The number of hydrogen-bond donors (Lipinski definition) is 1. The Kier molecular flexibility index (Phi) is 5.09. The van der Waals surface area contributed by atoms with E-state index in [1.54, 1.807) is 7.11 Å². The minimum absolute atomic E-state index is 0.0775. The molecule has 0 unspecified atom stereocenters. The third-order valence-corrected chi connectivity index (χ3v) is 2.78. The van der Waals surface area contributed by atoms with Gasteiger partial charge in [0.2, 0.25) is 11.2 Å². The largest absolute Gasteiger partial charge is 0.467 e. The second kappa shape index (κ2) is 7.02. The molecule has 0 atom stereocenters. The van der Waals surface area contributed by atoms with E-state index >= 15 is 0 Å². The molecule has 1 aromatic heterocycles. The molecule has 0 aliphatic heterocycles. The van der Waals surface area contributed by atoms with Crippen LogP contribution in [0.4, 0.5) is 11.6 Å². The molecule has 0 fully saturated rings. The van der Waals surface area contributed by atoms with E-state index in [-0.39, 0.29) is 11.3 Å². The molecular formula is C13H15ClN4O2. The van der Waals surface area contributed by atoms with Crippen LogP contribution in [0.25, 0.3) is 0 Å². The van der Waals surface area contributed by atoms with Gasteiger partial charge in [-0.15, -0.1) is 0 Å². The number of methoxy groups -OCH3 is 2. The standard InChI is InChI=1S/C13H15ClN4O2/c1-19-8-7-9-5-3-4-6-10(9)15-12-16-11(14)17-13(18-12)20-2/h3-6H,7-8H2,1-2H3,(H,15,16,17,18). The number of nitrogens with one attached hydrogen (secondary N) is 1. The highest BCUT2D eigenvalue weighted by Gasteiger charge is 2.07. The monoisotopic (exact) mass is 294 g/mol. The maximum Gasteiger partial charge on any atom is 0.322 e. The van der Waals surface area contributed by atoms with E-state index < -0.39 is 0 Å². The average Bonchev–Trinajstić information content (AvgIpc) is 2.45. The molecule has 0 saturated carbocycles. The number of hydrogen-bond acceptors (Lipinski definition) is 6. The maximum atomic E-state index is 5.82. The fourth-order valence-corrected chi connectivity index (χ4v) is 1.82. The summed E-state index contributed by atoms with van der Waals surface area (Å²) < 4.78 is 10.1. The van der Waals surface area contributed by atoms with Gasteiger partial charge in [0.05, 0.1) is 13.7 Å². The number of ether oxygens (including phenoxy) is 2. The van der Waals surface area contributed by atoms with Crippen LogP contribution in [0.1, 0.15) is 5.56 Å². The van der Waals surface area contributed by atoms with Gasteiger partial charge in [0, 0.05) is 12.8 Å². The summed E-state index contributed by atoms with van der Waals surface area (Å²) >= 11 is 5.82. The summed E-state index contributed by atoms with van der Waals surface area (Å²) in [5.41, 5.74) is 2.00. The number of nitrogens with zero attached hydrogens (tertiary/aromatic N) is 3. The van der Waals surface area contributed by atoms with Gasteiger partial charge in [0.25, 0.3) is 0 Å². The third kappa shape index (κ3) is 3.79. The Morgan fingerprint density at radius 2 is 1.95 bits per heavy atom. The van der Waals surface area contributed by atoms with Gasteiger partial charge in [0.1, 0.15) is 0 Å². The molecule has 1 N–H and O–H groups in total. The van der Waals surface area contributed by atoms with Gasteiger partial charge in [-0.2, -0.15) is 15.0 Å². The van der Waals surface area contributed by atoms with Crippen LogP contribution in [0.5, 0.6) is 6.01 Å². The molecule has 0 bridgehead atoms. The van der Waals surface area contributed by atoms with Crippen LogP contribution in [0, 0.1) is 0 Å². The minimum atomic E-state index is 0.0775. The van der Waals surface area contributed by atoms with Crippen molar-refractivity contribution < 1.29 is 9.47 Å². The number of rotatable bonds is 6. The van der Waals surface area contributed by atoms with Crippen LogP contribution >= 0.6 is 11.6 Å². The predicted molar refractivity (Wildman–Crippen MR) is 76.7 cm³/mol. The molecule has 7 heteroatoms. The Balaban J connectivity index is 2.23. The lowest BCUT2D eigenvalue weighted by Gasteiger charge is -2.11.